The molecule has 0 aliphatic carbocycles. The predicted molar refractivity (Wildman–Crippen MR) is 147 cm³/mol. The van der Waals surface area contributed by atoms with Crippen LogP contribution in [0, 0.1) is 0 Å². The molecule has 4 aromatic rings. The van der Waals surface area contributed by atoms with Crippen LogP contribution in [-0.2, 0) is 20.9 Å². The van der Waals surface area contributed by atoms with Gasteiger partial charge in [-0.15, -0.1) is 0 Å². The zero-order valence-corrected chi connectivity index (χ0v) is 22.1. The molecule has 7 nitrogen and oxygen atoms in total. The number of imide groups is 1. The van der Waals surface area contributed by atoms with Gasteiger partial charge in [0, 0.05) is 17.7 Å². The second kappa shape index (κ2) is 9.41. The first-order valence-electron chi connectivity index (χ1n) is 12.5. The predicted octanol–water partition coefficient (Wildman–Crippen LogP) is 5.92. The highest BCUT2D eigenvalue weighted by atomic mass is 16.6. The number of imidazole rings is 1. The Morgan fingerprint density at radius 1 is 0.895 bits per heavy atom. The molecule has 0 unspecified atom stereocenters. The summed E-state index contributed by atoms with van der Waals surface area (Å²) >= 11 is 0. The number of fused-ring (bicyclic) bond motifs is 1. The van der Waals surface area contributed by atoms with Crippen LogP contribution in [0.5, 0.6) is 0 Å². The van der Waals surface area contributed by atoms with Crippen molar-refractivity contribution in [3.8, 4) is 11.1 Å². The van der Waals surface area contributed by atoms with Crippen molar-refractivity contribution >= 4 is 34.5 Å². The molecule has 0 saturated heterocycles. The first-order chi connectivity index (χ1) is 18.0. The van der Waals surface area contributed by atoms with E-state index < -0.39 is 5.60 Å². The summed E-state index contributed by atoms with van der Waals surface area (Å²) in [7, 11) is 0. The second-order valence-electron chi connectivity index (χ2n) is 10.5. The summed E-state index contributed by atoms with van der Waals surface area (Å²) in [4.78, 5) is 43.8. The number of hydrogen-bond acceptors (Lipinski definition) is 5. The summed E-state index contributed by atoms with van der Waals surface area (Å²) in [5.74, 6) is -0.936. The first kappa shape index (κ1) is 25.1. The van der Waals surface area contributed by atoms with Crippen LogP contribution in [0.3, 0.4) is 0 Å². The molecule has 192 valence electrons. The molecular weight excluding hydrogens is 478 g/mol. The molecule has 0 radical (unpaired) electrons. The maximum absolute atomic E-state index is 12.8. The van der Waals surface area contributed by atoms with E-state index in [4.69, 9.17) is 4.74 Å². The highest BCUT2D eigenvalue weighted by Crippen LogP contribution is 2.30. The van der Waals surface area contributed by atoms with Crippen molar-refractivity contribution in [2.45, 2.75) is 46.8 Å². The van der Waals surface area contributed by atoms with E-state index in [-0.39, 0.29) is 17.8 Å². The Morgan fingerprint density at radius 3 is 2.21 bits per heavy atom. The molecule has 7 heteroatoms. The standard InChI is InChI=1S/C31H29N3O4/c1-19-20(2)29(36)34(28(19)35)23-14-15-26-27(16-23)33(18-32-26)17-21-10-12-22(13-11-21)24-8-6-7-9-25(24)30(37)38-31(3,4)5/h6-16,18H,17H2,1-5H3. The summed E-state index contributed by atoms with van der Waals surface area (Å²) in [6.07, 6.45) is 1.75. The van der Waals surface area contributed by atoms with E-state index in [9.17, 15) is 14.4 Å². The second-order valence-corrected chi connectivity index (χ2v) is 10.5. The number of benzene rings is 3. The Morgan fingerprint density at radius 2 is 1.55 bits per heavy atom. The lowest BCUT2D eigenvalue weighted by atomic mass is 9.98. The van der Waals surface area contributed by atoms with Crippen molar-refractivity contribution in [3.05, 3.63) is 95.3 Å². The van der Waals surface area contributed by atoms with Gasteiger partial charge in [-0.3, -0.25) is 9.59 Å². The van der Waals surface area contributed by atoms with Gasteiger partial charge in [0.1, 0.15) is 5.60 Å². The third kappa shape index (κ3) is 4.63. The molecule has 1 aromatic heterocycles. The van der Waals surface area contributed by atoms with E-state index in [0.717, 1.165) is 27.7 Å². The highest BCUT2D eigenvalue weighted by molar-refractivity contribution is 6.32. The zero-order valence-electron chi connectivity index (χ0n) is 22.1. The monoisotopic (exact) mass is 507 g/mol. The summed E-state index contributed by atoms with van der Waals surface area (Å²) < 4.78 is 7.58. The number of carbonyl (C=O) groups is 3. The lowest BCUT2D eigenvalue weighted by Crippen LogP contribution is -2.31. The van der Waals surface area contributed by atoms with E-state index in [0.29, 0.717) is 28.9 Å². The number of amides is 2. The number of hydrogen-bond donors (Lipinski definition) is 0. The third-order valence-corrected chi connectivity index (χ3v) is 6.64. The summed E-state index contributed by atoms with van der Waals surface area (Å²) in [5.41, 5.74) is 5.77. The van der Waals surface area contributed by atoms with Crippen molar-refractivity contribution in [2.75, 3.05) is 4.90 Å². The third-order valence-electron chi connectivity index (χ3n) is 6.64. The number of carbonyl (C=O) groups excluding carboxylic acids is 3. The number of ether oxygens (including phenoxy) is 1. The van der Waals surface area contributed by atoms with Crippen LogP contribution >= 0.6 is 0 Å². The van der Waals surface area contributed by atoms with E-state index in [1.807, 2.05) is 79.9 Å². The molecule has 0 fully saturated rings. The minimum atomic E-state index is -0.578. The van der Waals surface area contributed by atoms with Crippen LogP contribution in [0.4, 0.5) is 5.69 Å². The topological polar surface area (TPSA) is 81.5 Å². The number of rotatable bonds is 5. The van der Waals surface area contributed by atoms with Crippen molar-refractivity contribution < 1.29 is 19.1 Å². The SMILES string of the molecule is CC1=C(C)C(=O)N(c2ccc3ncn(Cc4ccc(-c5ccccc5C(=O)OC(C)(C)C)cc4)c3c2)C1=O. The maximum Gasteiger partial charge on any atom is 0.339 e. The largest absolute Gasteiger partial charge is 0.456 e. The average molecular weight is 508 g/mol. The highest BCUT2D eigenvalue weighted by Gasteiger charge is 2.34. The van der Waals surface area contributed by atoms with Crippen LogP contribution in [0.1, 0.15) is 50.5 Å². The van der Waals surface area contributed by atoms with Gasteiger partial charge in [-0.2, -0.15) is 0 Å². The molecule has 0 saturated carbocycles. The number of esters is 1. The summed E-state index contributed by atoms with van der Waals surface area (Å²) in [5, 5.41) is 0. The van der Waals surface area contributed by atoms with E-state index in [1.54, 1.807) is 32.3 Å². The maximum atomic E-state index is 12.8. The van der Waals surface area contributed by atoms with Gasteiger partial charge in [-0.05, 0) is 75.6 Å². The van der Waals surface area contributed by atoms with Gasteiger partial charge in [-0.25, -0.2) is 14.7 Å². The summed E-state index contributed by atoms with van der Waals surface area (Å²) in [6.45, 7) is 9.45. The lowest BCUT2D eigenvalue weighted by Gasteiger charge is -2.20. The molecule has 3 aromatic carbocycles. The van der Waals surface area contributed by atoms with E-state index >= 15 is 0 Å². The van der Waals surface area contributed by atoms with Gasteiger partial charge in [-0.1, -0.05) is 42.5 Å². The van der Waals surface area contributed by atoms with Gasteiger partial charge < -0.3 is 9.30 Å². The normalized spacial score (nSPS) is 14.1. The van der Waals surface area contributed by atoms with Crippen LogP contribution in [0.25, 0.3) is 22.2 Å². The molecule has 5 rings (SSSR count). The number of aromatic nitrogens is 2. The van der Waals surface area contributed by atoms with Crippen LogP contribution in [0.2, 0.25) is 0 Å². The van der Waals surface area contributed by atoms with Crippen molar-refractivity contribution in [1.82, 2.24) is 9.55 Å². The van der Waals surface area contributed by atoms with Crippen LogP contribution < -0.4 is 4.90 Å². The van der Waals surface area contributed by atoms with Crippen molar-refractivity contribution in [1.29, 1.82) is 0 Å². The molecule has 2 amide bonds. The Hall–Kier alpha value is -4.52. The van der Waals surface area contributed by atoms with Gasteiger partial charge in [0.15, 0.2) is 0 Å². The van der Waals surface area contributed by atoms with Gasteiger partial charge >= 0.3 is 5.97 Å². The Kier molecular flexibility index (Phi) is 6.23. The quantitative estimate of drug-likeness (QED) is 0.248. The molecular formula is C31H29N3O4. The zero-order chi connectivity index (χ0) is 27.2. The fourth-order valence-corrected chi connectivity index (χ4v) is 4.53. The van der Waals surface area contributed by atoms with E-state index in [2.05, 4.69) is 4.98 Å². The smallest absolute Gasteiger partial charge is 0.339 e. The Bertz CT molecular complexity index is 1600. The molecule has 0 spiro atoms. The van der Waals surface area contributed by atoms with Gasteiger partial charge in [0.2, 0.25) is 0 Å². The van der Waals surface area contributed by atoms with Crippen molar-refractivity contribution in [3.63, 3.8) is 0 Å². The molecule has 0 N–H and O–H groups in total. The minimum Gasteiger partial charge on any atom is -0.456 e. The van der Waals surface area contributed by atoms with Gasteiger partial charge in [0.25, 0.3) is 11.8 Å². The lowest BCUT2D eigenvalue weighted by molar-refractivity contribution is -0.120. The fourth-order valence-electron chi connectivity index (χ4n) is 4.53. The first-order valence-corrected chi connectivity index (χ1v) is 12.5. The molecule has 2 heterocycles. The molecule has 38 heavy (non-hydrogen) atoms. The number of anilines is 1. The Labute approximate surface area is 221 Å². The molecule has 1 aliphatic heterocycles. The molecule has 0 bridgehead atoms. The fraction of sp³-hybridized carbons (Fsp3) is 0.226. The minimum absolute atomic E-state index is 0.292. The van der Waals surface area contributed by atoms with Gasteiger partial charge in [0.05, 0.1) is 28.6 Å². The van der Waals surface area contributed by atoms with Crippen molar-refractivity contribution in [2.24, 2.45) is 0 Å². The number of nitrogens with zero attached hydrogens (tertiary/aromatic N) is 3. The Balaban J connectivity index is 1.40. The molecule has 0 atom stereocenters. The van der Waals surface area contributed by atoms with Crippen LogP contribution in [0.15, 0.2) is 84.2 Å². The summed E-state index contributed by atoms with van der Waals surface area (Å²) in [6, 6.07) is 20.8. The average Bonchev–Trinajstić information content (AvgIpc) is 3.36. The van der Waals surface area contributed by atoms with E-state index in [1.165, 1.54) is 4.90 Å². The van der Waals surface area contributed by atoms with Crippen LogP contribution in [-0.4, -0.2) is 32.9 Å². The molecule has 1 aliphatic rings.